The fourth-order valence-corrected chi connectivity index (χ4v) is 8.53. The van der Waals surface area contributed by atoms with Crippen molar-refractivity contribution in [3.63, 3.8) is 0 Å². The maximum atomic E-state index is 2.42. The quantitative estimate of drug-likeness (QED) is 0.120. The molecule has 0 nitrogen and oxygen atoms in total. The van der Waals surface area contributed by atoms with Crippen molar-refractivity contribution in [1.29, 1.82) is 0 Å². The summed E-state index contributed by atoms with van der Waals surface area (Å²) >= 11 is 1.74. The van der Waals surface area contributed by atoms with Crippen molar-refractivity contribution in [2.75, 3.05) is 0 Å². The van der Waals surface area contributed by atoms with Gasteiger partial charge in [-0.25, -0.2) is 0 Å². The Labute approximate surface area is 348 Å². The second kappa shape index (κ2) is 20.6. The summed E-state index contributed by atoms with van der Waals surface area (Å²) in [6.45, 7) is 13.7. The smallest absolute Gasteiger partial charge is 0.0162 e. The number of fused-ring (bicyclic) bond motifs is 2. The van der Waals surface area contributed by atoms with Crippen LogP contribution in [0.4, 0.5) is 0 Å². The Hall–Kier alpha value is -2.22. The average molecular weight is 837 g/mol. The van der Waals surface area contributed by atoms with Crippen LogP contribution in [0.3, 0.4) is 0 Å². The molecule has 0 atom stereocenters. The van der Waals surface area contributed by atoms with Crippen LogP contribution < -0.4 is 24.8 Å². The van der Waals surface area contributed by atoms with Gasteiger partial charge in [-0.15, -0.1) is 68.6 Å². The van der Waals surface area contributed by atoms with Crippen molar-refractivity contribution in [1.82, 2.24) is 0 Å². The van der Waals surface area contributed by atoms with E-state index in [4.69, 9.17) is 0 Å². The largest absolute Gasteiger partial charge is 1.00 e. The van der Waals surface area contributed by atoms with Crippen molar-refractivity contribution < 1.29 is 48.1 Å². The Morgan fingerprint density at radius 3 is 1.87 bits per heavy atom. The molecule has 2 aliphatic carbocycles. The Balaban J connectivity index is 0.000000209. The fraction of sp³-hybridized carbons (Fsp3) is 0.388. The molecule has 53 heavy (non-hydrogen) atoms. The zero-order valence-corrected chi connectivity index (χ0v) is 37.8. The van der Waals surface area contributed by atoms with Crippen LogP contribution in [0.5, 0.6) is 0 Å². The number of benzene rings is 4. The first-order valence-electron chi connectivity index (χ1n) is 19.7. The summed E-state index contributed by atoms with van der Waals surface area (Å²) in [6, 6.07) is 41.2. The number of aryl methyl sites for hydroxylation is 1. The van der Waals surface area contributed by atoms with E-state index in [1.165, 1.54) is 118 Å². The second-order valence-electron chi connectivity index (χ2n) is 16.1. The predicted molar refractivity (Wildman–Crippen MR) is 222 cm³/mol. The van der Waals surface area contributed by atoms with E-state index in [9.17, 15) is 0 Å². The monoisotopic (exact) mass is 834 g/mol. The van der Waals surface area contributed by atoms with E-state index in [1.54, 1.807) is 28.9 Å². The van der Waals surface area contributed by atoms with E-state index < -0.39 is 0 Å². The Morgan fingerprint density at radius 1 is 0.642 bits per heavy atom. The van der Waals surface area contributed by atoms with Gasteiger partial charge in [0.1, 0.15) is 0 Å². The van der Waals surface area contributed by atoms with Crippen LogP contribution in [-0.4, -0.2) is 5.43 Å². The normalized spacial score (nSPS) is 17.2. The van der Waals surface area contributed by atoms with Gasteiger partial charge in [0.2, 0.25) is 0 Å². The van der Waals surface area contributed by atoms with Crippen LogP contribution in [0.2, 0.25) is 13.1 Å². The molecule has 0 aliphatic heterocycles. The SMILES string of the molecule is CC1CCC(c2c(-c3ccc(C(C)C)cc3)[cH-]c3ccccc23)CC1.C[Si](C)=[Zr+2].Cc1cc2c(-c3ccc(C4CCCCC4)cc3)cccc2[cH-]1.[Cl-].[Cl-]. The fourth-order valence-electron chi connectivity index (χ4n) is 8.53. The maximum Gasteiger partial charge on any atom is -0.0162 e. The van der Waals surface area contributed by atoms with Crippen LogP contribution in [0, 0.1) is 12.8 Å². The van der Waals surface area contributed by atoms with Gasteiger partial charge in [-0.05, 0) is 53.2 Å². The standard InChI is InChI=1S/C25H29.C22H23.C2H6Si.2ClH.Zr/c1-17(2)19-12-14-20(15-13-19)24-16-22-6-4-5-7-23(22)25(24)21-10-8-18(3)9-11-21;1-16-14-20-8-5-9-21(22(20)15-16)19-12-10-18(11-13-19)17-6-3-2-4-7-17;1-3-2;;;/h4-7,12-18,21H,8-11H2,1-3H3;5,8-15,17H,2-4,6-7H2,1H3;1-2H3;2*1H;/q2*-1;;;;+2/p-2. The van der Waals surface area contributed by atoms with E-state index in [0.717, 1.165) is 17.8 Å². The molecule has 6 aromatic carbocycles. The van der Waals surface area contributed by atoms with Crippen LogP contribution >= 0.6 is 0 Å². The van der Waals surface area contributed by atoms with Gasteiger partial charge < -0.3 is 24.8 Å². The summed E-state index contributed by atoms with van der Waals surface area (Å²) in [5.74, 6) is 2.99. The minimum atomic E-state index is 0. The molecule has 0 amide bonds. The molecule has 0 N–H and O–H groups in total. The van der Waals surface area contributed by atoms with Gasteiger partial charge in [0.05, 0.1) is 0 Å². The van der Waals surface area contributed by atoms with Gasteiger partial charge in [0.15, 0.2) is 0 Å². The number of rotatable bonds is 5. The van der Waals surface area contributed by atoms with E-state index >= 15 is 0 Å². The molecule has 0 aromatic heterocycles. The number of halogens is 2. The van der Waals surface area contributed by atoms with Gasteiger partial charge in [-0.3, -0.25) is 0 Å². The number of hydrogen-bond acceptors (Lipinski definition) is 0. The summed E-state index contributed by atoms with van der Waals surface area (Å²) in [5.41, 5.74) is 11.7. The van der Waals surface area contributed by atoms with Crippen molar-refractivity contribution in [3.8, 4) is 22.3 Å². The molecule has 0 saturated heterocycles. The molecule has 8 rings (SSSR count). The Kier molecular flexibility index (Phi) is 16.9. The first-order chi connectivity index (χ1) is 24.7. The van der Waals surface area contributed by atoms with Crippen LogP contribution in [0.1, 0.15) is 119 Å². The molecular weight excluding hydrogens is 779 g/mol. The van der Waals surface area contributed by atoms with Gasteiger partial charge in [-0.1, -0.05) is 157 Å². The van der Waals surface area contributed by atoms with Gasteiger partial charge in [-0.2, -0.15) is 6.07 Å². The molecule has 2 saturated carbocycles. The maximum absolute atomic E-state index is 2.42. The van der Waals surface area contributed by atoms with Gasteiger partial charge in [0.25, 0.3) is 0 Å². The Bertz CT molecular complexity index is 2010. The zero-order valence-electron chi connectivity index (χ0n) is 32.8. The topological polar surface area (TPSA) is 0 Å². The molecule has 0 spiro atoms. The van der Waals surface area contributed by atoms with Crippen molar-refractivity contribution in [2.45, 2.75) is 116 Å². The molecule has 0 radical (unpaired) electrons. The summed E-state index contributed by atoms with van der Waals surface area (Å²) in [6.07, 6.45) is 12.4. The summed E-state index contributed by atoms with van der Waals surface area (Å²) in [5, 5.41) is 5.61. The molecule has 2 aliphatic rings. The third-order valence-electron chi connectivity index (χ3n) is 11.3. The molecule has 6 aromatic rings. The van der Waals surface area contributed by atoms with Gasteiger partial charge >= 0.3 is 41.9 Å². The molecule has 0 unspecified atom stereocenters. The Morgan fingerprint density at radius 2 is 1.23 bits per heavy atom. The van der Waals surface area contributed by atoms with E-state index in [-0.39, 0.29) is 30.2 Å². The van der Waals surface area contributed by atoms with Crippen molar-refractivity contribution >= 4 is 27.0 Å². The molecular formula is C49H58Cl2SiZr-2. The predicted octanol–water partition coefficient (Wildman–Crippen LogP) is 9.02. The average Bonchev–Trinajstić information content (AvgIpc) is 3.73. The minimum absolute atomic E-state index is 0. The van der Waals surface area contributed by atoms with Crippen LogP contribution in [-0.2, 0) is 23.3 Å². The van der Waals surface area contributed by atoms with E-state index in [2.05, 4.69) is 150 Å². The molecule has 0 bridgehead atoms. The minimum Gasteiger partial charge on any atom is -1.00 e. The third kappa shape index (κ3) is 11.2. The van der Waals surface area contributed by atoms with Crippen LogP contribution in [0.25, 0.3) is 43.8 Å². The van der Waals surface area contributed by atoms with Crippen molar-refractivity contribution in [2.24, 2.45) is 5.92 Å². The second-order valence-corrected chi connectivity index (χ2v) is 25.5. The van der Waals surface area contributed by atoms with Gasteiger partial charge in [0, 0.05) is 0 Å². The zero-order chi connectivity index (χ0) is 35.9. The summed E-state index contributed by atoms with van der Waals surface area (Å²) < 4.78 is 0. The first kappa shape index (κ1) is 43.5. The molecule has 278 valence electrons. The van der Waals surface area contributed by atoms with E-state index in [0.29, 0.717) is 5.92 Å². The molecule has 4 heteroatoms. The molecule has 2 fully saturated rings. The molecule has 0 heterocycles. The van der Waals surface area contributed by atoms with E-state index in [1.807, 2.05) is 0 Å². The third-order valence-corrected chi connectivity index (χ3v) is 11.3. The van der Waals surface area contributed by atoms with Crippen LogP contribution in [0.15, 0.2) is 109 Å². The summed E-state index contributed by atoms with van der Waals surface area (Å²) in [4.78, 5) is 0. The first-order valence-corrected chi connectivity index (χ1v) is 25.9. The number of hydrogen-bond donors (Lipinski definition) is 0. The summed E-state index contributed by atoms with van der Waals surface area (Å²) in [7, 11) is 0. The van der Waals surface area contributed by atoms with Crippen molar-refractivity contribution in [3.05, 3.63) is 131 Å².